The van der Waals surface area contributed by atoms with Gasteiger partial charge in [-0.25, -0.2) is 4.79 Å². The Morgan fingerprint density at radius 3 is 2.74 bits per heavy atom. The standard InChI is InChI=1S/C23H31ClN4O3/c1-16-21(29)28-19(5-10-26-11-8-23(6-7-23)9-12-26)15-31-20(28)14-27(16)22(30)25-18-4-2-3-17(24)13-18/h2-4,13,16,19-20H,5-12,14-15H2,1H3,(H,25,30). The molecule has 1 aromatic rings. The van der Waals surface area contributed by atoms with Crippen LogP contribution < -0.4 is 5.32 Å². The summed E-state index contributed by atoms with van der Waals surface area (Å²) in [6.45, 7) is 6.09. The normalized spacial score (nSPS) is 29.9. The van der Waals surface area contributed by atoms with Crippen LogP contribution in [0, 0.1) is 5.41 Å². The molecule has 3 heterocycles. The number of anilines is 1. The highest BCUT2D eigenvalue weighted by Gasteiger charge is 2.48. The predicted octanol–water partition coefficient (Wildman–Crippen LogP) is 3.40. The van der Waals surface area contributed by atoms with Crippen molar-refractivity contribution in [1.29, 1.82) is 0 Å². The molecule has 1 N–H and O–H groups in total. The minimum absolute atomic E-state index is 0.0319. The Balaban J connectivity index is 1.17. The first-order chi connectivity index (χ1) is 14.9. The van der Waals surface area contributed by atoms with Crippen molar-refractivity contribution in [2.75, 3.05) is 38.1 Å². The topological polar surface area (TPSA) is 65.1 Å². The van der Waals surface area contributed by atoms with Crippen LogP contribution in [0.15, 0.2) is 24.3 Å². The number of amides is 3. The lowest BCUT2D eigenvalue weighted by molar-refractivity contribution is -0.150. The molecule has 3 aliphatic heterocycles. The maximum Gasteiger partial charge on any atom is 0.322 e. The number of carbonyl (C=O) groups is 2. The first-order valence-corrected chi connectivity index (χ1v) is 11.8. The molecule has 0 aromatic heterocycles. The van der Waals surface area contributed by atoms with Gasteiger partial charge in [0.1, 0.15) is 6.04 Å². The number of carbonyl (C=O) groups excluding carboxylic acids is 2. The van der Waals surface area contributed by atoms with E-state index in [2.05, 4.69) is 10.2 Å². The largest absolute Gasteiger partial charge is 0.354 e. The van der Waals surface area contributed by atoms with Crippen molar-refractivity contribution < 1.29 is 14.3 Å². The maximum absolute atomic E-state index is 13.2. The van der Waals surface area contributed by atoms with E-state index < -0.39 is 6.04 Å². The molecular weight excluding hydrogens is 416 g/mol. The van der Waals surface area contributed by atoms with E-state index in [1.54, 1.807) is 36.1 Å². The molecule has 4 fully saturated rings. The lowest BCUT2D eigenvalue weighted by Gasteiger charge is -2.42. The number of nitrogens with zero attached hydrogens (tertiary/aromatic N) is 3. The van der Waals surface area contributed by atoms with Crippen molar-refractivity contribution in [2.24, 2.45) is 5.41 Å². The van der Waals surface area contributed by atoms with Crippen LogP contribution >= 0.6 is 11.6 Å². The van der Waals surface area contributed by atoms with Crippen LogP contribution in [0.5, 0.6) is 0 Å². The van der Waals surface area contributed by atoms with Gasteiger partial charge in [0.25, 0.3) is 0 Å². The van der Waals surface area contributed by atoms with Gasteiger partial charge in [0.15, 0.2) is 6.23 Å². The van der Waals surface area contributed by atoms with Crippen molar-refractivity contribution in [3.8, 4) is 0 Å². The molecule has 7 nitrogen and oxygen atoms in total. The molecule has 8 heteroatoms. The molecule has 0 bridgehead atoms. The molecule has 3 atom stereocenters. The zero-order valence-electron chi connectivity index (χ0n) is 18.1. The Hall–Kier alpha value is -1.83. The van der Waals surface area contributed by atoms with Gasteiger partial charge in [-0.3, -0.25) is 4.79 Å². The number of benzene rings is 1. The predicted molar refractivity (Wildman–Crippen MR) is 119 cm³/mol. The number of piperidine rings is 1. The summed E-state index contributed by atoms with van der Waals surface area (Å²) in [7, 11) is 0. The number of hydrogen-bond acceptors (Lipinski definition) is 4. The van der Waals surface area contributed by atoms with E-state index in [1.165, 1.54) is 38.8 Å². The minimum Gasteiger partial charge on any atom is -0.354 e. The molecule has 3 amide bonds. The Morgan fingerprint density at radius 1 is 1.26 bits per heavy atom. The highest BCUT2D eigenvalue weighted by atomic mass is 35.5. The summed E-state index contributed by atoms with van der Waals surface area (Å²) in [5.41, 5.74) is 1.30. The van der Waals surface area contributed by atoms with Crippen LogP contribution in [0.3, 0.4) is 0 Å². The van der Waals surface area contributed by atoms with Gasteiger partial charge >= 0.3 is 6.03 Å². The Labute approximate surface area is 188 Å². The second kappa shape index (κ2) is 8.26. The van der Waals surface area contributed by atoms with Crippen molar-refractivity contribution in [3.05, 3.63) is 29.3 Å². The van der Waals surface area contributed by atoms with Gasteiger partial charge in [-0.15, -0.1) is 0 Å². The van der Waals surface area contributed by atoms with Crippen molar-refractivity contribution >= 4 is 29.2 Å². The number of fused-ring (bicyclic) bond motifs is 1. The Bertz CT molecular complexity index is 851. The molecule has 168 valence electrons. The lowest BCUT2D eigenvalue weighted by Crippen LogP contribution is -2.62. The Morgan fingerprint density at radius 2 is 2.03 bits per heavy atom. The molecule has 5 rings (SSSR count). The molecule has 4 aliphatic rings. The van der Waals surface area contributed by atoms with E-state index in [0.29, 0.717) is 29.3 Å². The third-order valence-corrected chi connectivity index (χ3v) is 7.84. The summed E-state index contributed by atoms with van der Waals surface area (Å²) in [4.78, 5) is 32.0. The van der Waals surface area contributed by atoms with Gasteiger partial charge in [-0.1, -0.05) is 17.7 Å². The number of likely N-dealkylation sites (tertiary alicyclic amines) is 1. The van der Waals surface area contributed by atoms with Crippen LogP contribution in [0.1, 0.15) is 39.0 Å². The Kier molecular flexibility index (Phi) is 5.61. The van der Waals surface area contributed by atoms with Crippen molar-refractivity contribution in [2.45, 2.75) is 57.3 Å². The summed E-state index contributed by atoms with van der Waals surface area (Å²) in [5, 5.41) is 3.39. The molecule has 31 heavy (non-hydrogen) atoms. The first kappa shape index (κ1) is 21.0. The SMILES string of the molecule is CC1C(=O)N2C(CCN3CCC4(CC3)CC4)COC2CN1C(=O)Nc1cccc(Cl)c1. The smallest absolute Gasteiger partial charge is 0.322 e. The van der Waals surface area contributed by atoms with E-state index in [4.69, 9.17) is 16.3 Å². The second-order valence-corrected chi connectivity index (χ2v) is 10.0. The third kappa shape index (κ3) is 4.28. The average Bonchev–Trinajstić information content (AvgIpc) is 3.38. The molecule has 1 aliphatic carbocycles. The van der Waals surface area contributed by atoms with Gasteiger partial charge in [0.2, 0.25) is 5.91 Å². The highest BCUT2D eigenvalue weighted by Crippen LogP contribution is 2.53. The summed E-state index contributed by atoms with van der Waals surface area (Å²) < 4.78 is 5.96. The van der Waals surface area contributed by atoms with Crippen LogP contribution in [0.25, 0.3) is 0 Å². The van der Waals surface area contributed by atoms with E-state index in [0.717, 1.165) is 13.0 Å². The molecule has 1 aromatic carbocycles. The van der Waals surface area contributed by atoms with Gasteiger partial charge < -0.3 is 24.8 Å². The summed E-state index contributed by atoms with van der Waals surface area (Å²) in [5.74, 6) is -0.0319. The van der Waals surface area contributed by atoms with Gasteiger partial charge in [0, 0.05) is 17.3 Å². The summed E-state index contributed by atoms with van der Waals surface area (Å²) in [6, 6.07) is 6.26. The zero-order chi connectivity index (χ0) is 21.6. The monoisotopic (exact) mass is 446 g/mol. The fraction of sp³-hybridized carbons (Fsp3) is 0.652. The number of halogens is 1. The van der Waals surface area contributed by atoms with Gasteiger partial charge in [0.05, 0.1) is 19.2 Å². The minimum atomic E-state index is -0.524. The van der Waals surface area contributed by atoms with Crippen LogP contribution in [-0.2, 0) is 9.53 Å². The number of rotatable bonds is 4. The fourth-order valence-corrected chi connectivity index (χ4v) is 5.45. The fourth-order valence-electron chi connectivity index (χ4n) is 5.26. The lowest BCUT2D eigenvalue weighted by atomic mass is 9.93. The highest BCUT2D eigenvalue weighted by molar-refractivity contribution is 6.30. The van der Waals surface area contributed by atoms with Crippen LogP contribution in [0.2, 0.25) is 5.02 Å². The maximum atomic E-state index is 13.2. The number of ether oxygens (including phenoxy) is 1. The summed E-state index contributed by atoms with van der Waals surface area (Å²) >= 11 is 6.01. The molecular formula is C23H31ClN4O3. The third-order valence-electron chi connectivity index (χ3n) is 7.61. The second-order valence-electron chi connectivity index (χ2n) is 9.59. The zero-order valence-corrected chi connectivity index (χ0v) is 18.8. The molecule has 3 saturated heterocycles. The first-order valence-electron chi connectivity index (χ1n) is 11.4. The van der Waals surface area contributed by atoms with Gasteiger partial charge in [-0.05, 0) is 75.7 Å². The number of urea groups is 1. The molecule has 1 spiro atoms. The van der Waals surface area contributed by atoms with Crippen molar-refractivity contribution in [1.82, 2.24) is 14.7 Å². The number of nitrogens with one attached hydrogen (secondary N) is 1. The van der Waals surface area contributed by atoms with E-state index in [-0.39, 0.29) is 24.2 Å². The molecule has 3 unspecified atom stereocenters. The van der Waals surface area contributed by atoms with E-state index in [9.17, 15) is 9.59 Å². The average molecular weight is 447 g/mol. The molecule has 0 radical (unpaired) electrons. The van der Waals surface area contributed by atoms with Crippen LogP contribution in [-0.4, -0.2) is 77.7 Å². The van der Waals surface area contributed by atoms with Crippen LogP contribution in [0.4, 0.5) is 10.5 Å². The van der Waals surface area contributed by atoms with E-state index >= 15 is 0 Å². The van der Waals surface area contributed by atoms with Gasteiger partial charge in [-0.2, -0.15) is 0 Å². The van der Waals surface area contributed by atoms with E-state index in [1.807, 2.05) is 4.90 Å². The summed E-state index contributed by atoms with van der Waals surface area (Å²) in [6.07, 6.45) is 6.05. The van der Waals surface area contributed by atoms with Crippen molar-refractivity contribution in [3.63, 3.8) is 0 Å². The number of piperazine rings is 1. The number of hydrogen-bond donors (Lipinski definition) is 1. The quantitative estimate of drug-likeness (QED) is 0.769. The molecule has 1 saturated carbocycles.